The smallest absolute Gasteiger partial charge is 0.317 e. The van der Waals surface area contributed by atoms with Gasteiger partial charge in [0, 0.05) is 19.1 Å². The van der Waals surface area contributed by atoms with Gasteiger partial charge in [-0.25, -0.2) is 4.79 Å². The summed E-state index contributed by atoms with van der Waals surface area (Å²) in [5.74, 6) is 0.835. The van der Waals surface area contributed by atoms with Crippen molar-refractivity contribution in [1.82, 2.24) is 10.2 Å². The van der Waals surface area contributed by atoms with Crippen molar-refractivity contribution in [1.29, 1.82) is 0 Å². The number of hydrogen-bond acceptors (Lipinski definition) is 1. The third kappa shape index (κ3) is 2.89. The Balaban J connectivity index is 1.77. The van der Waals surface area contributed by atoms with Gasteiger partial charge in [0.05, 0.1) is 0 Å². The van der Waals surface area contributed by atoms with Crippen LogP contribution in [0.3, 0.4) is 0 Å². The molecule has 1 saturated heterocycles. The number of likely N-dealkylation sites (tertiary alicyclic amines) is 1. The second-order valence-electron chi connectivity index (χ2n) is 5.27. The van der Waals surface area contributed by atoms with E-state index in [1.165, 1.54) is 44.9 Å². The van der Waals surface area contributed by atoms with Gasteiger partial charge in [0.15, 0.2) is 0 Å². The van der Waals surface area contributed by atoms with Crippen LogP contribution in [0.5, 0.6) is 0 Å². The maximum absolute atomic E-state index is 12.0. The van der Waals surface area contributed by atoms with Gasteiger partial charge in [-0.3, -0.25) is 0 Å². The Kier molecular flexibility index (Phi) is 4.08. The fraction of sp³-hybridized carbons (Fsp3) is 0.923. The van der Waals surface area contributed by atoms with E-state index >= 15 is 0 Å². The van der Waals surface area contributed by atoms with Gasteiger partial charge >= 0.3 is 6.03 Å². The molecule has 0 aromatic carbocycles. The SMILES string of the molecule is CCC1CCCN(C(=O)NC2CCC2)CC1. The van der Waals surface area contributed by atoms with Crippen molar-refractivity contribution in [3.05, 3.63) is 0 Å². The van der Waals surface area contributed by atoms with Crippen LogP contribution in [0.2, 0.25) is 0 Å². The summed E-state index contributed by atoms with van der Waals surface area (Å²) in [7, 11) is 0. The van der Waals surface area contributed by atoms with Crippen molar-refractivity contribution < 1.29 is 4.79 Å². The summed E-state index contributed by atoms with van der Waals surface area (Å²) in [6, 6.07) is 0.652. The van der Waals surface area contributed by atoms with E-state index in [9.17, 15) is 4.79 Å². The second kappa shape index (κ2) is 5.55. The normalized spacial score (nSPS) is 27.1. The molecule has 2 rings (SSSR count). The maximum atomic E-state index is 12.0. The Bertz CT molecular complexity index is 238. The van der Waals surface area contributed by atoms with Crippen LogP contribution in [0.25, 0.3) is 0 Å². The van der Waals surface area contributed by atoms with E-state index in [1.807, 2.05) is 4.90 Å². The fourth-order valence-electron chi connectivity index (χ4n) is 2.60. The largest absolute Gasteiger partial charge is 0.335 e. The first-order chi connectivity index (χ1) is 7.79. The summed E-state index contributed by atoms with van der Waals surface area (Å²) in [5, 5.41) is 3.13. The highest BCUT2D eigenvalue weighted by atomic mass is 16.2. The van der Waals surface area contributed by atoms with Gasteiger partial charge < -0.3 is 10.2 Å². The molecule has 1 aliphatic heterocycles. The topological polar surface area (TPSA) is 32.3 Å². The van der Waals surface area contributed by atoms with Crippen LogP contribution < -0.4 is 5.32 Å². The highest BCUT2D eigenvalue weighted by Crippen LogP contribution is 2.21. The Morgan fingerprint density at radius 1 is 1.19 bits per heavy atom. The predicted molar refractivity (Wildman–Crippen MR) is 65.4 cm³/mol. The van der Waals surface area contributed by atoms with E-state index in [-0.39, 0.29) is 6.03 Å². The molecule has 1 saturated carbocycles. The van der Waals surface area contributed by atoms with Crippen molar-refractivity contribution in [2.24, 2.45) is 5.92 Å². The lowest BCUT2D eigenvalue weighted by molar-refractivity contribution is 0.187. The first-order valence-electron chi connectivity index (χ1n) is 6.85. The molecule has 0 aromatic rings. The minimum Gasteiger partial charge on any atom is -0.335 e. The number of nitrogens with zero attached hydrogens (tertiary/aromatic N) is 1. The number of hydrogen-bond donors (Lipinski definition) is 1. The van der Waals surface area contributed by atoms with Crippen LogP contribution in [-0.2, 0) is 0 Å². The maximum Gasteiger partial charge on any atom is 0.317 e. The second-order valence-corrected chi connectivity index (χ2v) is 5.27. The molecule has 1 unspecified atom stereocenters. The average Bonchev–Trinajstić information content (AvgIpc) is 2.48. The van der Waals surface area contributed by atoms with Gasteiger partial charge in [-0.2, -0.15) is 0 Å². The van der Waals surface area contributed by atoms with Crippen LogP contribution in [0.1, 0.15) is 51.9 Å². The lowest BCUT2D eigenvalue weighted by Gasteiger charge is -2.30. The molecule has 16 heavy (non-hydrogen) atoms. The van der Waals surface area contributed by atoms with Gasteiger partial charge in [0.25, 0.3) is 0 Å². The molecule has 92 valence electrons. The fourth-order valence-corrected chi connectivity index (χ4v) is 2.60. The number of nitrogens with one attached hydrogen (secondary N) is 1. The first-order valence-corrected chi connectivity index (χ1v) is 6.85. The molecular weight excluding hydrogens is 200 g/mol. The molecule has 0 aromatic heterocycles. The molecule has 3 nitrogen and oxygen atoms in total. The Morgan fingerprint density at radius 2 is 2.00 bits per heavy atom. The van der Waals surface area contributed by atoms with Gasteiger partial charge in [0.2, 0.25) is 0 Å². The Hall–Kier alpha value is -0.730. The van der Waals surface area contributed by atoms with E-state index in [0.29, 0.717) is 6.04 Å². The van der Waals surface area contributed by atoms with Crippen molar-refractivity contribution >= 4 is 6.03 Å². The molecule has 3 heteroatoms. The van der Waals surface area contributed by atoms with Crippen LogP contribution >= 0.6 is 0 Å². The Morgan fingerprint density at radius 3 is 2.62 bits per heavy atom. The van der Waals surface area contributed by atoms with Gasteiger partial charge in [-0.1, -0.05) is 13.3 Å². The molecule has 1 N–H and O–H groups in total. The number of amides is 2. The molecule has 2 aliphatic rings. The standard InChI is InChI=1S/C13H24N2O/c1-2-11-5-4-9-15(10-8-11)13(16)14-12-6-3-7-12/h11-12H,2-10H2,1H3,(H,14,16). The van der Waals surface area contributed by atoms with Gasteiger partial charge in [0.1, 0.15) is 0 Å². The quantitative estimate of drug-likeness (QED) is 0.768. The molecular formula is C13H24N2O. The monoisotopic (exact) mass is 224 g/mol. The summed E-state index contributed by atoms with van der Waals surface area (Å²) >= 11 is 0. The minimum atomic E-state index is 0.182. The minimum absolute atomic E-state index is 0.182. The number of carbonyl (C=O) groups excluding carboxylic acids is 1. The van der Waals surface area contributed by atoms with Crippen molar-refractivity contribution in [3.63, 3.8) is 0 Å². The molecule has 2 fully saturated rings. The molecule has 1 atom stereocenters. The van der Waals surface area contributed by atoms with E-state index in [4.69, 9.17) is 0 Å². The van der Waals surface area contributed by atoms with Crippen LogP contribution in [0.4, 0.5) is 4.79 Å². The third-order valence-corrected chi connectivity index (χ3v) is 4.15. The lowest BCUT2D eigenvalue weighted by atomic mass is 9.93. The van der Waals surface area contributed by atoms with E-state index in [1.54, 1.807) is 0 Å². The molecule has 1 aliphatic carbocycles. The van der Waals surface area contributed by atoms with Crippen LogP contribution in [-0.4, -0.2) is 30.1 Å². The van der Waals surface area contributed by atoms with E-state index < -0.39 is 0 Å². The van der Waals surface area contributed by atoms with Gasteiger partial charge in [-0.05, 0) is 44.4 Å². The lowest BCUT2D eigenvalue weighted by Crippen LogP contribution is -2.47. The molecule has 0 bridgehead atoms. The summed E-state index contributed by atoms with van der Waals surface area (Å²) in [4.78, 5) is 14.0. The zero-order chi connectivity index (χ0) is 11.4. The number of rotatable bonds is 2. The Labute approximate surface area is 98.6 Å². The summed E-state index contributed by atoms with van der Waals surface area (Å²) in [6.07, 6.45) is 8.56. The van der Waals surface area contributed by atoms with Crippen LogP contribution in [0.15, 0.2) is 0 Å². The van der Waals surface area contributed by atoms with Crippen LogP contribution in [0, 0.1) is 5.92 Å². The van der Waals surface area contributed by atoms with E-state index in [2.05, 4.69) is 12.2 Å². The zero-order valence-corrected chi connectivity index (χ0v) is 10.4. The summed E-state index contributed by atoms with van der Waals surface area (Å²) in [6.45, 7) is 4.17. The molecule has 1 heterocycles. The van der Waals surface area contributed by atoms with E-state index in [0.717, 1.165) is 19.0 Å². The highest BCUT2D eigenvalue weighted by molar-refractivity contribution is 5.74. The summed E-state index contributed by atoms with van der Waals surface area (Å²) < 4.78 is 0. The average molecular weight is 224 g/mol. The van der Waals surface area contributed by atoms with Gasteiger partial charge in [-0.15, -0.1) is 0 Å². The van der Waals surface area contributed by atoms with Crippen molar-refractivity contribution in [2.45, 2.75) is 57.9 Å². The highest BCUT2D eigenvalue weighted by Gasteiger charge is 2.24. The van der Waals surface area contributed by atoms with Crippen molar-refractivity contribution in [3.8, 4) is 0 Å². The third-order valence-electron chi connectivity index (χ3n) is 4.15. The first kappa shape index (κ1) is 11.7. The predicted octanol–water partition coefficient (Wildman–Crippen LogP) is 2.76. The summed E-state index contributed by atoms with van der Waals surface area (Å²) in [5.41, 5.74) is 0. The zero-order valence-electron chi connectivity index (χ0n) is 10.4. The number of urea groups is 1. The van der Waals surface area contributed by atoms with Crippen molar-refractivity contribution in [2.75, 3.05) is 13.1 Å². The molecule has 2 amide bonds. The molecule has 0 spiro atoms. The number of carbonyl (C=O) groups is 1. The molecule has 0 radical (unpaired) electrons.